The fraction of sp³-hybridized carbons (Fsp3) is 0.643. The Bertz CT molecular complexity index is 431. The normalized spacial score (nSPS) is 28.2. The van der Waals surface area contributed by atoms with E-state index in [9.17, 15) is 4.79 Å². The predicted octanol–water partition coefficient (Wildman–Crippen LogP) is 3.07. The molecule has 1 N–H and O–H groups in total. The topological polar surface area (TPSA) is 40.5 Å². The number of aromatic carboxylic acids is 1. The second-order valence-electron chi connectivity index (χ2n) is 5.66. The molecule has 1 saturated carbocycles. The standard InChI is InChI=1S/C14H19NO2S/c16-14(17)13-5-4-12(18-13)9-15-7-10-2-1-3-11(6-10)8-15/h4-5,10-11H,1-3,6-9H2,(H,16,17). The van der Waals surface area contributed by atoms with Gasteiger partial charge in [-0.1, -0.05) is 6.42 Å². The molecule has 1 aromatic rings. The zero-order chi connectivity index (χ0) is 12.5. The van der Waals surface area contributed by atoms with Gasteiger partial charge < -0.3 is 5.11 Å². The highest BCUT2D eigenvalue weighted by molar-refractivity contribution is 7.13. The van der Waals surface area contributed by atoms with Crippen molar-refractivity contribution in [3.05, 3.63) is 21.9 Å². The molecule has 3 rings (SSSR count). The Morgan fingerprint density at radius 3 is 2.67 bits per heavy atom. The number of likely N-dealkylation sites (tertiary alicyclic amines) is 1. The Kier molecular flexibility index (Phi) is 3.39. The lowest BCUT2D eigenvalue weighted by molar-refractivity contribution is 0.0702. The van der Waals surface area contributed by atoms with E-state index in [0.717, 1.165) is 18.4 Å². The van der Waals surface area contributed by atoms with Crippen molar-refractivity contribution in [3.8, 4) is 0 Å². The molecule has 0 spiro atoms. The smallest absolute Gasteiger partial charge is 0.345 e. The molecule has 4 heteroatoms. The molecule has 1 aromatic heterocycles. The summed E-state index contributed by atoms with van der Waals surface area (Å²) in [5, 5.41) is 8.93. The summed E-state index contributed by atoms with van der Waals surface area (Å²) < 4.78 is 0. The van der Waals surface area contributed by atoms with Crippen LogP contribution in [0.1, 0.15) is 40.2 Å². The molecule has 3 nitrogen and oxygen atoms in total. The Labute approximate surface area is 111 Å². The summed E-state index contributed by atoms with van der Waals surface area (Å²) in [6, 6.07) is 3.70. The lowest BCUT2D eigenvalue weighted by Crippen LogP contribution is -2.41. The number of hydrogen-bond acceptors (Lipinski definition) is 3. The minimum Gasteiger partial charge on any atom is -0.477 e. The summed E-state index contributed by atoms with van der Waals surface area (Å²) in [6.45, 7) is 3.35. The third kappa shape index (κ3) is 2.59. The molecule has 2 unspecified atom stereocenters. The molecular weight excluding hydrogens is 246 g/mol. The molecule has 1 aliphatic carbocycles. The highest BCUT2D eigenvalue weighted by atomic mass is 32.1. The van der Waals surface area contributed by atoms with E-state index in [1.807, 2.05) is 6.07 Å². The van der Waals surface area contributed by atoms with Crippen molar-refractivity contribution in [3.63, 3.8) is 0 Å². The Hall–Kier alpha value is -0.870. The van der Waals surface area contributed by atoms with Crippen LogP contribution in [0.2, 0.25) is 0 Å². The third-order valence-electron chi connectivity index (χ3n) is 4.18. The van der Waals surface area contributed by atoms with Gasteiger partial charge >= 0.3 is 5.97 Å². The lowest BCUT2D eigenvalue weighted by atomic mass is 9.78. The third-order valence-corrected chi connectivity index (χ3v) is 5.23. The Morgan fingerprint density at radius 2 is 2.06 bits per heavy atom. The van der Waals surface area contributed by atoms with E-state index in [0.29, 0.717) is 4.88 Å². The summed E-state index contributed by atoms with van der Waals surface area (Å²) in [5.41, 5.74) is 0. The molecule has 0 radical (unpaired) electrons. The zero-order valence-corrected chi connectivity index (χ0v) is 11.3. The van der Waals surface area contributed by atoms with Crippen molar-refractivity contribution in [1.29, 1.82) is 0 Å². The minimum absolute atomic E-state index is 0.460. The van der Waals surface area contributed by atoms with Crippen molar-refractivity contribution in [2.75, 3.05) is 13.1 Å². The zero-order valence-electron chi connectivity index (χ0n) is 10.5. The minimum atomic E-state index is -0.804. The summed E-state index contributed by atoms with van der Waals surface area (Å²) in [4.78, 5) is 15.0. The Balaban J connectivity index is 1.63. The molecule has 2 aliphatic rings. The summed E-state index contributed by atoms with van der Waals surface area (Å²) in [5.74, 6) is 0.967. The monoisotopic (exact) mass is 265 g/mol. The molecule has 18 heavy (non-hydrogen) atoms. The summed E-state index contributed by atoms with van der Waals surface area (Å²) in [6.07, 6.45) is 5.60. The SMILES string of the molecule is O=C(O)c1ccc(CN2CC3CCCC(C3)C2)s1. The highest BCUT2D eigenvalue weighted by Crippen LogP contribution is 2.35. The van der Waals surface area contributed by atoms with Crippen LogP contribution in [-0.2, 0) is 6.54 Å². The number of carboxylic acid groups (broad SMARTS) is 1. The van der Waals surface area contributed by atoms with Gasteiger partial charge in [0.25, 0.3) is 0 Å². The number of carboxylic acids is 1. The highest BCUT2D eigenvalue weighted by Gasteiger charge is 2.30. The number of hydrogen-bond donors (Lipinski definition) is 1. The lowest BCUT2D eigenvalue weighted by Gasteiger charge is -2.41. The predicted molar refractivity (Wildman–Crippen MR) is 72.0 cm³/mol. The first-order valence-electron chi connectivity index (χ1n) is 6.75. The van der Waals surface area contributed by atoms with Crippen LogP contribution in [0.5, 0.6) is 0 Å². The largest absolute Gasteiger partial charge is 0.477 e. The molecule has 1 aliphatic heterocycles. The second kappa shape index (κ2) is 5.02. The molecule has 2 bridgehead atoms. The fourth-order valence-corrected chi connectivity index (χ4v) is 4.36. The number of fused-ring (bicyclic) bond motifs is 2. The maximum absolute atomic E-state index is 10.9. The van der Waals surface area contributed by atoms with Crippen LogP contribution in [0, 0.1) is 11.8 Å². The van der Waals surface area contributed by atoms with Crippen LogP contribution in [0.25, 0.3) is 0 Å². The molecule has 2 atom stereocenters. The molecule has 2 fully saturated rings. The molecule has 0 aromatic carbocycles. The van der Waals surface area contributed by atoms with Crippen molar-refractivity contribution in [2.24, 2.45) is 11.8 Å². The number of piperidine rings is 1. The van der Waals surface area contributed by atoms with E-state index in [1.54, 1.807) is 6.07 Å². The number of carbonyl (C=O) groups is 1. The number of rotatable bonds is 3. The van der Waals surface area contributed by atoms with Crippen LogP contribution in [0.3, 0.4) is 0 Å². The van der Waals surface area contributed by atoms with E-state index in [4.69, 9.17) is 5.11 Å². The van der Waals surface area contributed by atoms with E-state index < -0.39 is 5.97 Å². The van der Waals surface area contributed by atoms with Crippen molar-refractivity contribution >= 4 is 17.3 Å². The van der Waals surface area contributed by atoms with E-state index in [-0.39, 0.29) is 0 Å². The molecule has 1 saturated heterocycles. The fourth-order valence-electron chi connectivity index (χ4n) is 3.47. The van der Waals surface area contributed by atoms with Crippen LogP contribution in [0.4, 0.5) is 0 Å². The first kappa shape index (κ1) is 12.2. The maximum atomic E-state index is 10.9. The van der Waals surface area contributed by atoms with Gasteiger partial charge in [-0.05, 0) is 43.2 Å². The van der Waals surface area contributed by atoms with E-state index in [2.05, 4.69) is 4.90 Å². The average Bonchev–Trinajstić information content (AvgIpc) is 2.77. The van der Waals surface area contributed by atoms with Crippen molar-refractivity contribution in [1.82, 2.24) is 4.90 Å². The Morgan fingerprint density at radius 1 is 1.33 bits per heavy atom. The summed E-state index contributed by atoms with van der Waals surface area (Å²) >= 11 is 1.42. The van der Waals surface area contributed by atoms with Gasteiger partial charge in [-0.15, -0.1) is 11.3 Å². The average molecular weight is 265 g/mol. The van der Waals surface area contributed by atoms with Gasteiger partial charge in [0.2, 0.25) is 0 Å². The molecule has 2 heterocycles. The van der Waals surface area contributed by atoms with Gasteiger partial charge in [-0.2, -0.15) is 0 Å². The quantitative estimate of drug-likeness (QED) is 0.913. The first-order valence-corrected chi connectivity index (χ1v) is 7.56. The van der Waals surface area contributed by atoms with Crippen LogP contribution >= 0.6 is 11.3 Å². The molecule has 0 amide bonds. The second-order valence-corrected chi connectivity index (χ2v) is 6.83. The molecule has 98 valence electrons. The van der Waals surface area contributed by atoms with Gasteiger partial charge in [-0.3, -0.25) is 4.90 Å². The van der Waals surface area contributed by atoms with Crippen LogP contribution < -0.4 is 0 Å². The van der Waals surface area contributed by atoms with Crippen LogP contribution in [0.15, 0.2) is 12.1 Å². The number of nitrogens with zero attached hydrogens (tertiary/aromatic N) is 1. The number of thiophene rings is 1. The van der Waals surface area contributed by atoms with Crippen molar-refractivity contribution in [2.45, 2.75) is 32.2 Å². The first-order chi connectivity index (χ1) is 8.70. The van der Waals surface area contributed by atoms with Gasteiger partial charge in [-0.25, -0.2) is 4.79 Å². The molecular formula is C14H19NO2S. The van der Waals surface area contributed by atoms with Gasteiger partial charge in [0.15, 0.2) is 0 Å². The van der Waals surface area contributed by atoms with Crippen LogP contribution in [-0.4, -0.2) is 29.1 Å². The maximum Gasteiger partial charge on any atom is 0.345 e. The van der Waals surface area contributed by atoms with Crippen molar-refractivity contribution < 1.29 is 9.90 Å². The summed E-state index contributed by atoms with van der Waals surface area (Å²) in [7, 11) is 0. The van der Waals surface area contributed by atoms with E-state index >= 15 is 0 Å². The van der Waals surface area contributed by atoms with Gasteiger partial charge in [0.05, 0.1) is 0 Å². The van der Waals surface area contributed by atoms with E-state index in [1.165, 1.54) is 55.0 Å². The van der Waals surface area contributed by atoms with Gasteiger partial charge in [0.1, 0.15) is 4.88 Å². The van der Waals surface area contributed by atoms with Gasteiger partial charge in [0, 0.05) is 24.5 Å².